The Morgan fingerprint density at radius 1 is 1.42 bits per heavy atom. The quantitative estimate of drug-likeness (QED) is 0.837. The molecule has 2 atom stereocenters. The SMILES string of the molecule is CC[C@H]1C[C@H](C(=O)N(CC)c2ccncc2)CCO1. The highest BCUT2D eigenvalue weighted by Gasteiger charge is 2.30. The molecule has 2 heterocycles. The van der Waals surface area contributed by atoms with Crippen molar-refractivity contribution in [3.63, 3.8) is 0 Å². The van der Waals surface area contributed by atoms with Gasteiger partial charge in [-0.1, -0.05) is 6.92 Å². The van der Waals surface area contributed by atoms with Crippen molar-refractivity contribution >= 4 is 11.6 Å². The first-order valence-corrected chi connectivity index (χ1v) is 7.09. The van der Waals surface area contributed by atoms with Gasteiger partial charge in [0.05, 0.1) is 6.10 Å². The second-order valence-corrected chi connectivity index (χ2v) is 4.91. The summed E-state index contributed by atoms with van der Waals surface area (Å²) in [6, 6.07) is 3.77. The van der Waals surface area contributed by atoms with Crippen LogP contribution in [0.3, 0.4) is 0 Å². The summed E-state index contributed by atoms with van der Waals surface area (Å²) >= 11 is 0. The number of anilines is 1. The number of hydrogen-bond donors (Lipinski definition) is 0. The zero-order valence-corrected chi connectivity index (χ0v) is 11.7. The van der Waals surface area contributed by atoms with Gasteiger partial charge in [-0.25, -0.2) is 0 Å². The number of ether oxygens (including phenoxy) is 1. The molecule has 0 aromatic carbocycles. The summed E-state index contributed by atoms with van der Waals surface area (Å²) in [6.45, 7) is 5.51. The summed E-state index contributed by atoms with van der Waals surface area (Å²) < 4.78 is 5.65. The highest BCUT2D eigenvalue weighted by atomic mass is 16.5. The van der Waals surface area contributed by atoms with E-state index in [0.29, 0.717) is 13.2 Å². The van der Waals surface area contributed by atoms with Gasteiger partial charge in [0.1, 0.15) is 0 Å². The van der Waals surface area contributed by atoms with E-state index in [1.165, 1.54) is 0 Å². The van der Waals surface area contributed by atoms with Crippen LogP contribution in [0, 0.1) is 5.92 Å². The number of amides is 1. The molecule has 0 spiro atoms. The second-order valence-electron chi connectivity index (χ2n) is 4.91. The summed E-state index contributed by atoms with van der Waals surface area (Å²) in [5.41, 5.74) is 0.932. The van der Waals surface area contributed by atoms with E-state index in [1.54, 1.807) is 12.4 Å². The largest absolute Gasteiger partial charge is 0.378 e. The lowest BCUT2D eigenvalue weighted by Gasteiger charge is -2.32. The molecule has 2 rings (SSSR count). The van der Waals surface area contributed by atoms with Crippen molar-refractivity contribution in [1.82, 2.24) is 4.98 Å². The summed E-state index contributed by atoms with van der Waals surface area (Å²) in [4.78, 5) is 18.5. The predicted molar refractivity (Wildman–Crippen MR) is 75.0 cm³/mol. The van der Waals surface area contributed by atoms with Crippen molar-refractivity contribution in [3.05, 3.63) is 24.5 Å². The Morgan fingerprint density at radius 2 is 2.16 bits per heavy atom. The fourth-order valence-corrected chi connectivity index (χ4v) is 2.60. The standard InChI is InChI=1S/C15H22N2O2/c1-3-14-11-12(7-10-19-14)15(18)17(4-2)13-5-8-16-9-6-13/h5-6,8-9,12,14H,3-4,7,10-11H2,1-2H3/t12-,14+/m1/s1. The Labute approximate surface area is 114 Å². The average Bonchev–Trinajstić information content (AvgIpc) is 2.49. The minimum absolute atomic E-state index is 0.0896. The molecular weight excluding hydrogens is 240 g/mol. The normalized spacial score (nSPS) is 23.1. The number of carbonyl (C=O) groups is 1. The molecule has 1 aromatic rings. The van der Waals surface area contributed by atoms with Gasteiger partial charge in [-0.3, -0.25) is 9.78 Å². The van der Waals surface area contributed by atoms with E-state index in [9.17, 15) is 4.79 Å². The Bertz CT molecular complexity index is 408. The van der Waals surface area contributed by atoms with Gasteiger partial charge in [-0.05, 0) is 38.3 Å². The summed E-state index contributed by atoms with van der Waals surface area (Å²) in [6.07, 6.45) is 6.34. The maximum absolute atomic E-state index is 12.6. The Balaban J connectivity index is 2.08. The van der Waals surface area contributed by atoms with Crippen molar-refractivity contribution in [3.8, 4) is 0 Å². The van der Waals surface area contributed by atoms with E-state index in [-0.39, 0.29) is 17.9 Å². The van der Waals surface area contributed by atoms with Gasteiger partial charge in [-0.15, -0.1) is 0 Å². The maximum Gasteiger partial charge on any atom is 0.230 e. The van der Waals surface area contributed by atoms with Crippen LogP contribution in [0.25, 0.3) is 0 Å². The summed E-state index contributed by atoms with van der Waals surface area (Å²) in [5.74, 6) is 0.308. The molecule has 1 aliphatic rings. The van der Waals surface area contributed by atoms with Crippen LogP contribution >= 0.6 is 0 Å². The first-order valence-electron chi connectivity index (χ1n) is 7.09. The highest BCUT2D eigenvalue weighted by Crippen LogP contribution is 2.26. The minimum Gasteiger partial charge on any atom is -0.378 e. The van der Waals surface area contributed by atoms with Crippen LogP contribution < -0.4 is 4.90 Å². The fraction of sp³-hybridized carbons (Fsp3) is 0.600. The first kappa shape index (κ1) is 14.0. The molecule has 0 unspecified atom stereocenters. The van der Waals surface area contributed by atoms with Crippen LogP contribution in [0.15, 0.2) is 24.5 Å². The Morgan fingerprint density at radius 3 is 2.79 bits per heavy atom. The third-order valence-corrected chi connectivity index (χ3v) is 3.73. The van der Waals surface area contributed by atoms with E-state index in [0.717, 1.165) is 24.9 Å². The van der Waals surface area contributed by atoms with Crippen LogP contribution in [0.5, 0.6) is 0 Å². The zero-order chi connectivity index (χ0) is 13.7. The Hall–Kier alpha value is -1.42. The second kappa shape index (κ2) is 6.66. The number of rotatable bonds is 4. The molecule has 0 radical (unpaired) electrons. The van der Waals surface area contributed by atoms with Gasteiger partial charge in [0, 0.05) is 37.2 Å². The summed E-state index contributed by atoms with van der Waals surface area (Å²) in [5, 5.41) is 0. The van der Waals surface area contributed by atoms with E-state index >= 15 is 0 Å². The summed E-state index contributed by atoms with van der Waals surface area (Å²) in [7, 11) is 0. The average molecular weight is 262 g/mol. The van der Waals surface area contributed by atoms with E-state index in [2.05, 4.69) is 11.9 Å². The molecule has 4 nitrogen and oxygen atoms in total. The number of hydrogen-bond acceptors (Lipinski definition) is 3. The van der Waals surface area contributed by atoms with Crippen LogP contribution in [-0.4, -0.2) is 30.1 Å². The van der Waals surface area contributed by atoms with E-state index in [4.69, 9.17) is 4.74 Å². The molecule has 0 N–H and O–H groups in total. The molecule has 19 heavy (non-hydrogen) atoms. The van der Waals surface area contributed by atoms with Crippen LogP contribution in [0.4, 0.5) is 5.69 Å². The Kier molecular flexibility index (Phi) is 4.91. The number of carbonyl (C=O) groups excluding carboxylic acids is 1. The lowest BCUT2D eigenvalue weighted by molar-refractivity contribution is -0.127. The predicted octanol–water partition coefficient (Wildman–Crippen LogP) is 2.64. The fourth-order valence-electron chi connectivity index (χ4n) is 2.60. The maximum atomic E-state index is 12.6. The van der Waals surface area contributed by atoms with E-state index in [1.807, 2.05) is 24.0 Å². The zero-order valence-electron chi connectivity index (χ0n) is 11.7. The molecule has 1 aliphatic heterocycles. The highest BCUT2D eigenvalue weighted by molar-refractivity contribution is 5.94. The number of pyridine rings is 1. The van der Waals surface area contributed by atoms with Crippen molar-refractivity contribution < 1.29 is 9.53 Å². The smallest absolute Gasteiger partial charge is 0.230 e. The van der Waals surface area contributed by atoms with Crippen molar-refractivity contribution in [1.29, 1.82) is 0 Å². The van der Waals surface area contributed by atoms with Crippen LogP contribution in [-0.2, 0) is 9.53 Å². The van der Waals surface area contributed by atoms with Gasteiger partial charge in [0.2, 0.25) is 5.91 Å². The van der Waals surface area contributed by atoms with Gasteiger partial charge < -0.3 is 9.64 Å². The van der Waals surface area contributed by atoms with Gasteiger partial charge in [-0.2, -0.15) is 0 Å². The number of nitrogens with zero attached hydrogens (tertiary/aromatic N) is 2. The van der Waals surface area contributed by atoms with Crippen molar-refractivity contribution in [2.45, 2.75) is 39.2 Å². The molecule has 1 amide bonds. The van der Waals surface area contributed by atoms with Gasteiger partial charge in [0.25, 0.3) is 0 Å². The molecule has 1 aromatic heterocycles. The molecule has 1 fully saturated rings. The molecule has 4 heteroatoms. The van der Waals surface area contributed by atoms with Crippen LogP contribution in [0.2, 0.25) is 0 Å². The van der Waals surface area contributed by atoms with Gasteiger partial charge >= 0.3 is 0 Å². The molecule has 104 valence electrons. The molecular formula is C15H22N2O2. The minimum atomic E-state index is 0.0896. The molecule has 1 saturated heterocycles. The number of aromatic nitrogens is 1. The lowest BCUT2D eigenvalue weighted by atomic mass is 9.93. The third kappa shape index (κ3) is 3.32. The topological polar surface area (TPSA) is 42.4 Å². The van der Waals surface area contributed by atoms with Gasteiger partial charge in [0.15, 0.2) is 0 Å². The first-order chi connectivity index (χ1) is 9.26. The lowest BCUT2D eigenvalue weighted by Crippen LogP contribution is -2.40. The van der Waals surface area contributed by atoms with Crippen LogP contribution in [0.1, 0.15) is 33.1 Å². The van der Waals surface area contributed by atoms with Crippen molar-refractivity contribution in [2.75, 3.05) is 18.1 Å². The van der Waals surface area contributed by atoms with Crippen molar-refractivity contribution in [2.24, 2.45) is 5.92 Å². The molecule has 0 aliphatic carbocycles. The monoisotopic (exact) mass is 262 g/mol. The third-order valence-electron chi connectivity index (χ3n) is 3.73. The molecule has 0 bridgehead atoms. The van der Waals surface area contributed by atoms with E-state index < -0.39 is 0 Å². The molecule has 0 saturated carbocycles.